The quantitative estimate of drug-likeness (QED) is 0.638. The molecule has 1 amide bonds. The Bertz CT molecular complexity index is 1090. The summed E-state index contributed by atoms with van der Waals surface area (Å²) >= 11 is 7.46. The summed E-state index contributed by atoms with van der Waals surface area (Å²) in [6.07, 6.45) is 5.70. The Balaban J connectivity index is 1.96. The van der Waals surface area contributed by atoms with Gasteiger partial charge in [0.2, 0.25) is 0 Å². The molecule has 2 aromatic carbocycles. The van der Waals surface area contributed by atoms with Gasteiger partial charge in [0.1, 0.15) is 5.75 Å². The third-order valence-electron chi connectivity index (χ3n) is 3.93. The lowest BCUT2D eigenvalue weighted by Gasteiger charge is -2.06. The third kappa shape index (κ3) is 3.82. The SMILES string of the molecule is C#CCn1c(=NC(=O)Cc2ccc(OC)c(C)c2)sc2cc(Cl)ccc21. The number of aromatic nitrogens is 1. The summed E-state index contributed by atoms with van der Waals surface area (Å²) in [5.74, 6) is 3.19. The van der Waals surface area contributed by atoms with Crippen LogP contribution in [-0.4, -0.2) is 17.6 Å². The van der Waals surface area contributed by atoms with Crippen LogP contribution in [0.4, 0.5) is 0 Å². The summed E-state index contributed by atoms with van der Waals surface area (Å²) in [6.45, 7) is 2.29. The predicted molar refractivity (Wildman–Crippen MR) is 106 cm³/mol. The van der Waals surface area contributed by atoms with Crippen molar-refractivity contribution in [3.8, 4) is 18.1 Å². The molecule has 4 nitrogen and oxygen atoms in total. The lowest BCUT2D eigenvalue weighted by atomic mass is 10.1. The molecule has 0 bridgehead atoms. The van der Waals surface area contributed by atoms with Crippen LogP contribution in [0.2, 0.25) is 5.02 Å². The molecule has 0 aliphatic carbocycles. The first-order valence-corrected chi connectivity index (χ1v) is 9.14. The van der Waals surface area contributed by atoms with E-state index in [1.54, 1.807) is 13.2 Å². The Morgan fingerprint density at radius 2 is 2.15 bits per heavy atom. The van der Waals surface area contributed by atoms with E-state index in [4.69, 9.17) is 22.8 Å². The number of hydrogen-bond acceptors (Lipinski definition) is 3. The summed E-state index contributed by atoms with van der Waals surface area (Å²) in [5, 5.41) is 0.637. The van der Waals surface area contributed by atoms with Crippen molar-refractivity contribution in [2.24, 2.45) is 4.99 Å². The smallest absolute Gasteiger partial charge is 0.252 e. The monoisotopic (exact) mass is 384 g/mol. The van der Waals surface area contributed by atoms with Gasteiger partial charge in [-0.3, -0.25) is 4.79 Å². The number of hydrogen-bond donors (Lipinski definition) is 0. The number of halogens is 1. The molecule has 0 saturated heterocycles. The highest BCUT2D eigenvalue weighted by molar-refractivity contribution is 7.16. The summed E-state index contributed by atoms with van der Waals surface area (Å²) in [7, 11) is 1.63. The number of rotatable bonds is 4. The van der Waals surface area contributed by atoms with Crippen LogP contribution in [-0.2, 0) is 17.8 Å². The highest BCUT2D eigenvalue weighted by Gasteiger charge is 2.09. The van der Waals surface area contributed by atoms with Gasteiger partial charge in [-0.15, -0.1) is 6.42 Å². The first kappa shape index (κ1) is 18.2. The molecule has 3 rings (SSSR count). The Morgan fingerprint density at radius 3 is 2.85 bits per heavy atom. The van der Waals surface area contributed by atoms with Crippen molar-refractivity contribution >= 4 is 39.1 Å². The van der Waals surface area contributed by atoms with Crippen LogP contribution in [0.15, 0.2) is 41.4 Å². The van der Waals surface area contributed by atoms with E-state index in [0.29, 0.717) is 16.4 Å². The molecule has 0 atom stereocenters. The highest BCUT2D eigenvalue weighted by atomic mass is 35.5. The second kappa shape index (κ2) is 7.77. The number of thiazole rings is 1. The molecule has 0 fully saturated rings. The molecule has 0 spiro atoms. The van der Waals surface area contributed by atoms with Crippen molar-refractivity contribution in [2.75, 3.05) is 7.11 Å². The van der Waals surface area contributed by atoms with Crippen LogP contribution in [0.5, 0.6) is 5.75 Å². The van der Waals surface area contributed by atoms with Gasteiger partial charge in [0, 0.05) is 5.02 Å². The Kier molecular flexibility index (Phi) is 5.46. The number of fused-ring (bicyclic) bond motifs is 1. The van der Waals surface area contributed by atoms with Gasteiger partial charge in [-0.1, -0.05) is 41.0 Å². The maximum Gasteiger partial charge on any atom is 0.252 e. The summed E-state index contributed by atoms with van der Waals surface area (Å²) < 4.78 is 8.05. The van der Waals surface area contributed by atoms with Crippen LogP contribution in [0, 0.1) is 19.3 Å². The minimum Gasteiger partial charge on any atom is -0.496 e. The van der Waals surface area contributed by atoms with Crippen molar-refractivity contribution in [1.29, 1.82) is 0 Å². The van der Waals surface area contributed by atoms with Crippen molar-refractivity contribution < 1.29 is 9.53 Å². The van der Waals surface area contributed by atoms with Crippen LogP contribution in [0.3, 0.4) is 0 Å². The van der Waals surface area contributed by atoms with Crippen LogP contribution in [0.25, 0.3) is 10.2 Å². The second-order valence-corrected chi connectivity index (χ2v) is 7.22. The number of terminal acetylenes is 1. The van der Waals surface area contributed by atoms with Crippen LogP contribution < -0.4 is 9.54 Å². The fourth-order valence-electron chi connectivity index (χ4n) is 2.75. The van der Waals surface area contributed by atoms with E-state index in [-0.39, 0.29) is 12.3 Å². The molecule has 0 saturated carbocycles. The number of amides is 1. The first-order chi connectivity index (χ1) is 12.5. The van der Waals surface area contributed by atoms with E-state index in [2.05, 4.69) is 10.9 Å². The maximum absolute atomic E-state index is 12.5. The normalized spacial score (nSPS) is 11.5. The zero-order valence-electron chi connectivity index (χ0n) is 14.5. The molecule has 0 aliphatic rings. The number of benzene rings is 2. The van der Waals surface area contributed by atoms with E-state index >= 15 is 0 Å². The van der Waals surface area contributed by atoms with Crippen molar-refractivity contribution in [1.82, 2.24) is 4.57 Å². The van der Waals surface area contributed by atoms with Crippen molar-refractivity contribution in [3.05, 3.63) is 57.3 Å². The zero-order valence-corrected chi connectivity index (χ0v) is 16.0. The maximum atomic E-state index is 12.5. The average molecular weight is 385 g/mol. The first-order valence-electron chi connectivity index (χ1n) is 7.95. The van der Waals surface area contributed by atoms with E-state index in [9.17, 15) is 4.79 Å². The molecular formula is C20H17ClN2O2S. The van der Waals surface area contributed by atoms with E-state index < -0.39 is 0 Å². The molecule has 1 aromatic heterocycles. The standard InChI is InChI=1S/C20H17ClN2O2S/c1-4-9-23-16-7-6-15(21)12-18(16)26-20(23)22-19(24)11-14-5-8-17(25-3)13(2)10-14/h1,5-8,10,12H,9,11H2,2-3H3. The van der Waals surface area contributed by atoms with E-state index in [1.807, 2.05) is 41.8 Å². The largest absolute Gasteiger partial charge is 0.496 e. The average Bonchev–Trinajstić information content (AvgIpc) is 2.91. The van der Waals surface area contributed by atoms with Crippen LogP contribution >= 0.6 is 22.9 Å². The number of aryl methyl sites for hydroxylation is 1. The lowest BCUT2D eigenvalue weighted by molar-refractivity contribution is -0.117. The predicted octanol–water partition coefficient (Wildman–Crippen LogP) is 3.98. The summed E-state index contributed by atoms with van der Waals surface area (Å²) in [6, 6.07) is 11.2. The Morgan fingerprint density at radius 1 is 1.35 bits per heavy atom. The van der Waals surface area contributed by atoms with E-state index in [0.717, 1.165) is 27.1 Å². The molecular weight excluding hydrogens is 368 g/mol. The number of carbonyl (C=O) groups excluding carboxylic acids is 1. The van der Waals surface area contributed by atoms with Gasteiger partial charge in [0.15, 0.2) is 4.80 Å². The lowest BCUT2D eigenvalue weighted by Crippen LogP contribution is -2.17. The fourth-order valence-corrected chi connectivity index (χ4v) is 4.07. The molecule has 0 N–H and O–H groups in total. The van der Waals surface area contributed by atoms with Crippen molar-refractivity contribution in [2.45, 2.75) is 19.9 Å². The van der Waals surface area contributed by atoms with Gasteiger partial charge in [-0.2, -0.15) is 4.99 Å². The second-order valence-electron chi connectivity index (χ2n) is 5.77. The van der Waals surface area contributed by atoms with Crippen LogP contribution in [0.1, 0.15) is 11.1 Å². The summed E-state index contributed by atoms with van der Waals surface area (Å²) in [5.41, 5.74) is 2.80. The topological polar surface area (TPSA) is 43.6 Å². The Labute approximate surface area is 160 Å². The minimum atomic E-state index is -0.224. The third-order valence-corrected chi connectivity index (χ3v) is 5.21. The molecule has 132 valence electrons. The molecule has 3 aromatic rings. The van der Waals surface area contributed by atoms with E-state index in [1.165, 1.54) is 11.3 Å². The van der Waals surface area contributed by atoms with Gasteiger partial charge in [-0.25, -0.2) is 0 Å². The van der Waals surface area contributed by atoms with Gasteiger partial charge >= 0.3 is 0 Å². The summed E-state index contributed by atoms with van der Waals surface area (Å²) in [4.78, 5) is 17.3. The highest BCUT2D eigenvalue weighted by Crippen LogP contribution is 2.22. The molecule has 6 heteroatoms. The minimum absolute atomic E-state index is 0.218. The molecule has 0 unspecified atom stereocenters. The van der Waals surface area contributed by atoms with Gasteiger partial charge in [0.05, 0.1) is 30.3 Å². The molecule has 26 heavy (non-hydrogen) atoms. The number of carbonyl (C=O) groups is 1. The fraction of sp³-hybridized carbons (Fsp3) is 0.200. The number of ether oxygens (including phenoxy) is 1. The number of nitrogens with zero attached hydrogens (tertiary/aromatic N) is 2. The van der Waals surface area contributed by atoms with Gasteiger partial charge in [-0.05, 0) is 42.3 Å². The zero-order chi connectivity index (χ0) is 18.7. The molecule has 0 aliphatic heterocycles. The number of methoxy groups -OCH3 is 1. The Hall–Kier alpha value is -2.55. The van der Waals surface area contributed by atoms with Gasteiger partial charge in [0.25, 0.3) is 5.91 Å². The van der Waals surface area contributed by atoms with Crippen molar-refractivity contribution in [3.63, 3.8) is 0 Å². The molecule has 0 radical (unpaired) electrons. The molecule has 1 heterocycles. The van der Waals surface area contributed by atoms with Gasteiger partial charge < -0.3 is 9.30 Å².